The van der Waals surface area contributed by atoms with Gasteiger partial charge in [-0.2, -0.15) is 0 Å². The number of rotatable bonds is 3. The SMILES string of the molecule is C/C=C(/CC)C(=O)c1ccc2ncccc2c1. The summed E-state index contributed by atoms with van der Waals surface area (Å²) in [4.78, 5) is 16.4. The van der Waals surface area contributed by atoms with E-state index in [0.717, 1.165) is 28.5 Å². The van der Waals surface area contributed by atoms with Gasteiger partial charge in [-0.3, -0.25) is 9.78 Å². The first-order valence-electron chi connectivity index (χ1n) is 5.81. The Morgan fingerprint density at radius 2 is 2.18 bits per heavy atom. The Kier molecular flexibility index (Phi) is 3.33. The van der Waals surface area contributed by atoms with Crippen LogP contribution in [0.25, 0.3) is 10.9 Å². The lowest BCUT2D eigenvalue weighted by atomic mass is 10.00. The molecule has 0 aliphatic heterocycles. The minimum Gasteiger partial charge on any atom is -0.289 e. The lowest BCUT2D eigenvalue weighted by Gasteiger charge is -2.04. The summed E-state index contributed by atoms with van der Waals surface area (Å²) in [6.07, 6.45) is 4.41. The predicted octanol–water partition coefficient (Wildman–Crippen LogP) is 3.77. The van der Waals surface area contributed by atoms with Crippen LogP contribution >= 0.6 is 0 Å². The monoisotopic (exact) mass is 225 g/mol. The highest BCUT2D eigenvalue weighted by atomic mass is 16.1. The minimum absolute atomic E-state index is 0.112. The summed E-state index contributed by atoms with van der Waals surface area (Å²) in [5.41, 5.74) is 2.51. The van der Waals surface area contributed by atoms with Gasteiger partial charge in [-0.15, -0.1) is 0 Å². The molecule has 0 aliphatic rings. The number of nitrogens with zero attached hydrogens (tertiary/aromatic N) is 1. The average molecular weight is 225 g/mol. The van der Waals surface area contributed by atoms with Crippen LogP contribution in [0, 0.1) is 0 Å². The van der Waals surface area contributed by atoms with Crippen molar-refractivity contribution in [3.8, 4) is 0 Å². The van der Waals surface area contributed by atoms with Crippen molar-refractivity contribution in [2.24, 2.45) is 0 Å². The molecule has 0 saturated heterocycles. The Bertz CT molecular complexity index is 584. The van der Waals surface area contributed by atoms with Crippen LogP contribution in [0.4, 0.5) is 0 Å². The van der Waals surface area contributed by atoms with Crippen LogP contribution in [0.5, 0.6) is 0 Å². The zero-order valence-electron chi connectivity index (χ0n) is 10.1. The van der Waals surface area contributed by atoms with Crippen LogP contribution in [0.3, 0.4) is 0 Å². The smallest absolute Gasteiger partial charge is 0.188 e. The molecule has 2 nitrogen and oxygen atoms in total. The topological polar surface area (TPSA) is 30.0 Å². The number of Topliss-reactive ketones (excluding diaryl/α,β-unsaturated/α-hetero) is 1. The largest absolute Gasteiger partial charge is 0.289 e. The van der Waals surface area contributed by atoms with Gasteiger partial charge in [0.1, 0.15) is 0 Å². The molecule has 0 unspecified atom stereocenters. The average Bonchev–Trinajstić information content (AvgIpc) is 2.39. The van der Waals surface area contributed by atoms with Gasteiger partial charge in [0, 0.05) is 17.1 Å². The molecule has 86 valence electrons. The van der Waals surface area contributed by atoms with E-state index in [-0.39, 0.29) is 5.78 Å². The van der Waals surface area contributed by atoms with Gasteiger partial charge in [-0.1, -0.05) is 19.1 Å². The maximum Gasteiger partial charge on any atom is 0.188 e. The van der Waals surface area contributed by atoms with Crippen molar-refractivity contribution in [1.82, 2.24) is 4.98 Å². The third kappa shape index (κ3) is 2.26. The first-order chi connectivity index (χ1) is 8.26. The molecule has 1 aromatic heterocycles. The maximum atomic E-state index is 12.2. The summed E-state index contributed by atoms with van der Waals surface area (Å²) in [6.45, 7) is 3.90. The van der Waals surface area contributed by atoms with Gasteiger partial charge in [0.05, 0.1) is 5.52 Å². The lowest BCUT2D eigenvalue weighted by molar-refractivity contribution is 0.103. The molecule has 0 saturated carbocycles. The van der Waals surface area contributed by atoms with Crippen LogP contribution in [0.1, 0.15) is 30.6 Å². The Morgan fingerprint density at radius 3 is 2.88 bits per heavy atom. The van der Waals surface area contributed by atoms with Crippen LogP contribution in [0.2, 0.25) is 0 Å². The number of fused-ring (bicyclic) bond motifs is 1. The highest BCUT2D eigenvalue weighted by Gasteiger charge is 2.10. The highest BCUT2D eigenvalue weighted by molar-refractivity contribution is 6.10. The van der Waals surface area contributed by atoms with Crippen LogP contribution < -0.4 is 0 Å². The Morgan fingerprint density at radius 1 is 1.35 bits per heavy atom. The lowest BCUT2D eigenvalue weighted by Crippen LogP contribution is -2.02. The zero-order chi connectivity index (χ0) is 12.3. The van der Waals surface area contributed by atoms with Crippen molar-refractivity contribution in [2.45, 2.75) is 20.3 Å². The zero-order valence-corrected chi connectivity index (χ0v) is 10.1. The number of pyridine rings is 1. The fourth-order valence-electron chi connectivity index (χ4n) is 1.90. The summed E-state index contributed by atoms with van der Waals surface area (Å²) < 4.78 is 0. The van der Waals surface area contributed by atoms with E-state index in [4.69, 9.17) is 0 Å². The summed E-state index contributed by atoms with van der Waals surface area (Å²) >= 11 is 0. The van der Waals surface area contributed by atoms with Gasteiger partial charge < -0.3 is 0 Å². The molecule has 0 amide bonds. The van der Waals surface area contributed by atoms with Crippen LogP contribution in [0.15, 0.2) is 48.2 Å². The molecule has 0 atom stereocenters. The molecule has 2 aromatic rings. The fourth-order valence-corrected chi connectivity index (χ4v) is 1.90. The van der Waals surface area contributed by atoms with Crippen molar-refractivity contribution >= 4 is 16.7 Å². The number of hydrogen-bond donors (Lipinski definition) is 0. The van der Waals surface area contributed by atoms with Crippen LogP contribution in [-0.4, -0.2) is 10.8 Å². The summed E-state index contributed by atoms with van der Waals surface area (Å²) in [5.74, 6) is 0.112. The molecule has 17 heavy (non-hydrogen) atoms. The molecule has 2 rings (SSSR count). The number of aromatic nitrogens is 1. The second-order valence-electron chi connectivity index (χ2n) is 3.91. The number of carbonyl (C=O) groups excluding carboxylic acids is 1. The number of allylic oxidation sites excluding steroid dienone is 2. The van der Waals surface area contributed by atoms with Gasteiger partial charge in [-0.25, -0.2) is 0 Å². The van der Waals surface area contributed by atoms with Gasteiger partial charge in [-0.05, 0) is 43.2 Å². The van der Waals surface area contributed by atoms with Gasteiger partial charge >= 0.3 is 0 Å². The first-order valence-corrected chi connectivity index (χ1v) is 5.81. The van der Waals surface area contributed by atoms with Crippen molar-refractivity contribution in [3.63, 3.8) is 0 Å². The molecule has 0 N–H and O–H groups in total. The van der Waals surface area contributed by atoms with E-state index in [9.17, 15) is 4.79 Å². The first kappa shape index (κ1) is 11.5. The Hall–Kier alpha value is -1.96. The number of ketones is 1. The molecule has 0 radical (unpaired) electrons. The minimum atomic E-state index is 0.112. The van der Waals surface area contributed by atoms with E-state index < -0.39 is 0 Å². The van der Waals surface area contributed by atoms with Crippen molar-refractivity contribution in [3.05, 3.63) is 53.7 Å². The highest BCUT2D eigenvalue weighted by Crippen LogP contribution is 2.17. The number of carbonyl (C=O) groups is 1. The van der Waals surface area contributed by atoms with E-state index >= 15 is 0 Å². The molecule has 0 aliphatic carbocycles. The van der Waals surface area contributed by atoms with Crippen molar-refractivity contribution < 1.29 is 4.79 Å². The second-order valence-corrected chi connectivity index (χ2v) is 3.91. The van der Waals surface area contributed by atoms with E-state index in [0.29, 0.717) is 0 Å². The Labute approximate surface area is 101 Å². The predicted molar refractivity (Wildman–Crippen MR) is 70.1 cm³/mol. The quantitative estimate of drug-likeness (QED) is 0.588. The second kappa shape index (κ2) is 4.91. The number of benzene rings is 1. The van der Waals surface area contributed by atoms with Crippen LogP contribution in [-0.2, 0) is 0 Å². The summed E-state index contributed by atoms with van der Waals surface area (Å²) in [7, 11) is 0. The van der Waals surface area contributed by atoms with Crippen molar-refractivity contribution in [1.29, 1.82) is 0 Å². The van der Waals surface area contributed by atoms with Gasteiger partial charge in [0.25, 0.3) is 0 Å². The molecule has 1 heterocycles. The van der Waals surface area contributed by atoms with Crippen molar-refractivity contribution in [2.75, 3.05) is 0 Å². The molecule has 0 spiro atoms. The molecule has 1 aromatic carbocycles. The maximum absolute atomic E-state index is 12.2. The third-order valence-corrected chi connectivity index (χ3v) is 2.89. The molecule has 0 bridgehead atoms. The van der Waals surface area contributed by atoms with E-state index in [1.165, 1.54) is 0 Å². The number of hydrogen-bond acceptors (Lipinski definition) is 2. The van der Waals surface area contributed by atoms with E-state index in [2.05, 4.69) is 4.98 Å². The molecule has 2 heteroatoms. The summed E-state index contributed by atoms with van der Waals surface area (Å²) in [5, 5.41) is 1.00. The fraction of sp³-hybridized carbons (Fsp3) is 0.200. The summed E-state index contributed by atoms with van der Waals surface area (Å²) in [6, 6.07) is 9.50. The van der Waals surface area contributed by atoms with Gasteiger partial charge in [0.2, 0.25) is 0 Å². The Balaban J connectivity index is 2.46. The normalized spacial score (nSPS) is 11.8. The van der Waals surface area contributed by atoms with E-state index in [1.807, 2.05) is 50.3 Å². The molecule has 0 fully saturated rings. The molecular weight excluding hydrogens is 210 g/mol. The van der Waals surface area contributed by atoms with E-state index in [1.54, 1.807) is 6.20 Å². The third-order valence-electron chi connectivity index (χ3n) is 2.89. The molecular formula is C15H15NO. The van der Waals surface area contributed by atoms with Gasteiger partial charge in [0.15, 0.2) is 5.78 Å². The standard InChI is InChI=1S/C15H15NO/c1-3-11(4-2)15(17)13-7-8-14-12(10-13)6-5-9-16-14/h3,5-10H,4H2,1-2H3/b11-3-.